The van der Waals surface area contributed by atoms with Crippen LogP contribution in [0.2, 0.25) is 0 Å². The fourth-order valence-corrected chi connectivity index (χ4v) is 3.63. The number of hydrogen-bond donors (Lipinski definition) is 3. The van der Waals surface area contributed by atoms with Gasteiger partial charge in [0.15, 0.2) is 0 Å². The number of carbonyl (C=O) groups excluding carboxylic acids is 1. The van der Waals surface area contributed by atoms with Crippen LogP contribution in [0.25, 0.3) is 10.3 Å². The van der Waals surface area contributed by atoms with Crippen LogP contribution in [0.4, 0.5) is 10.6 Å². The molecule has 2 aromatic rings. The summed E-state index contributed by atoms with van der Waals surface area (Å²) >= 11 is 5.51. The smallest absolute Gasteiger partial charge is 0.415 e. The molecule has 0 fully saturated rings. The lowest BCUT2D eigenvalue weighted by atomic mass is 10.2. The first-order valence-corrected chi connectivity index (χ1v) is 10.5. The minimum atomic E-state index is -0.883. The van der Waals surface area contributed by atoms with E-state index < -0.39 is 18.0 Å². The molecule has 11 heteroatoms. The molecule has 9 nitrogen and oxygen atoms in total. The van der Waals surface area contributed by atoms with Gasteiger partial charge in [0.05, 0.1) is 6.61 Å². The number of thiazole rings is 1. The zero-order valence-electron chi connectivity index (χ0n) is 15.7. The van der Waals surface area contributed by atoms with E-state index in [1.54, 1.807) is 12.1 Å². The number of fused-ring (bicyclic) bond motifs is 1. The number of carboxylic acids is 2. The number of amides is 1. The molecule has 0 spiro atoms. The van der Waals surface area contributed by atoms with Gasteiger partial charge in [0.1, 0.15) is 20.5 Å². The fourth-order valence-electron chi connectivity index (χ4n) is 2.58. The molecule has 0 unspecified atom stereocenters. The summed E-state index contributed by atoms with van der Waals surface area (Å²) in [5.74, 6) is -1.32. The van der Waals surface area contributed by atoms with Gasteiger partial charge >= 0.3 is 18.0 Å². The van der Waals surface area contributed by atoms with Crippen LogP contribution < -0.4 is 4.90 Å². The maximum Gasteiger partial charge on any atom is 0.415 e. The number of nitrogens with zero attached hydrogens (tertiary/aromatic N) is 3. The minimum absolute atomic E-state index is 0.0246. The predicted octanol–water partition coefficient (Wildman–Crippen LogP) is 3.82. The average molecular weight is 442 g/mol. The highest BCUT2D eigenvalue weighted by molar-refractivity contribution is 7.82. The second-order valence-corrected chi connectivity index (χ2v) is 8.02. The first-order chi connectivity index (χ1) is 13.9. The number of thiol groups is 1. The topological polar surface area (TPSA) is 130 Å². The summed E-state index contributed by atoms with van der Waals surface area (Å²) in [6, 6.07) is 3.41. The van der Waals surface area contributed by atoms with Crippen molar-refractivity contribution in [2.75, 3.05) is 18.1 Å². The van der Waals surface area contributed by atoms with Crippen LogP contribution in [-0.4, -0.2) is 51.4 Å². The normalized spacial score (nSPS) is 10.8. The Morgan fingerprint density at radius 1 is 1.00 bits per heavy atom. The van der Waals surface area contributed by atoms with E-state index in [9.17, 15) is 14.4 Å². The molecule has 0 aliphatic rings. The maximum absolute atomic E-state index is 12.6. The van der Waals surface area contributed by atoms with Gasteiger partial charge in [0.25, 0.3) is 0 Å². The van der Waals surface area contributed by atoms with E-state index in [0.717, 1.165) is 0 Å². The zero-order chi connectivity index (χ0) is 21.2. The van der Waals surface area contributed by atoms with Gasteiger partial charge in [-0.25, -0.2) is 14.8 Å². The Hall–Kier alpha value is -2.40. The molecule has 0 aliphatic carbocycles. The van der Waals surface area contributed by atoms with Crippen molar-refractivity contribution in [3.05, 3.63) is 12.1 Å². The number of rotatable bonds is 12. The van der Waals surface area contributed by atoms with Crippen molar-refractivity contribution >= 4 is 58.2 Å². The summed E-state index contributed by atoms with van der Waals surface area (Å²) in [7, 11) is 0. The molecular formula is C18H23N3O6S2. The molecule has 2 aromatic heterocycles. The van der Waals surface area contributed by atoms with Crippen LogP contribution in [0, 0.1) is 0 Å². The van der Waals surface area contributed by atoms with Crippen LogP contribution >= 0.6 is 24.0 Å². The highest BCUT2D eigenvalue weighted by Gasteiger charge is 2.19. The average Bonchev–Trinajstić information content (AvgIpc) is 3.03. The number of hydrogen-bond acceptors (Lipinski definition) is 8. The van der Waals surface area contributed by atoms with E-state index in [-0.39, 0.29) is 26.0 Å². The predicted molar refractivity (Wildman–Crippen MR) is 111 cm³/mol. The van der Waals surface area contributed by atoms with Gasteiger partial charge in [-0.2, -0.15) is 0 Å². The Bertz CT molecular complexity index is 857. The van der Waals surface area contributed by atoms with Crippen molar-refractivity contribution in [3.63, 3.8) is 0 Å². The minimum Gasteiger partial charge on any atom is -0.481 e. The van der Waals surface area contributed by atoms with Gasteiger partial charge in [-0.1, -0.05) is 11.3 Å². The number of ether oxygens (including phenoxy) is 1. The highest BCUT2D eigenvalue weighted by Crippen LogP contribution is 2.26. The summed E-state index contributed by atoms with van der Waals surface area (Å²) in [5, 5.41) is 17.4. The number of aliphatic carboxylic acids is 2. The highest BCUT2D eigenvalue weighted by atomic mass is 32.2. The molecule has 0 saturated heterocycles. The van der Waals surface area contributed by atoms with Gasteiger partial charge < -0.3 is 14.9 Å². The fraction of sp³-hybridized carbons (Fsp3) is 0.500. The lowest BCUT2D eigenvalue weighted by molar-refractivity contribution is -0.138. The second-order valence-electron chi connectivity index (χ2n) is 6.31. The third-order valence-corrected chi connectivity index (χ3v) is 5.15. The van der Waals surface area contributed by atoms with Gasteiger partial charge in [-0.05, 0) is 44.2 Å². The van der Waals surface area contributed by atoms with Crippen molar-refractivity contribution in [2.24, 2.45) is 0 Å². The van der Waals surface area contributed by atoms with E-state index in [1.807, 2.05) is 0 Å². The van der Waals surface area contributed by atoms with E-state index in [1.165, 1.54) is 16.2 Å². The van der Waals surface area contributed by atoms with Gasteiger partial charge in [-0.15, -0.1) is 12.6 Å². The van der Waals surface area contributed by atoms with Crippen LogP contribution in [0.3, 0.4) is 0 Å². The van der Waals surface area contributed by atoms with Gasteiger partial charge in [0.2, 0.25) is 0 Å². The Morgan fingerprint density at radius 3 is 2.38 bits per heavy atom. The molecule has 2 N–H and O–H groups in total. The Kier molecular flexibility index (Phi) is 9.13. The Morgan fingerprint density at radius 2 is 1.69 bits per heavy atom. The summed E-state index contributed by atoms with van der Waals surface area (Å²) in [4.78, 5) is 44.5. The monoisotopic (exact) mass is 441 g/mol. The van der Waals surface area contributed by atoms with Crippen molar-refractivity contribution < 1.29 is 29.3 Å². The third-order valence-electron chi connectivity index (χ3n) is 4.01. The molecule has 1 amide bonds. The summed E-state index contributed by atoms with van der Waals surface area (Å²) in [5.41, 5.74) is 0.682. The lowest BCUT2D eigenvalue weighted by Crippen LogP contribution is -2.33. The van der Waals surface area contributed by atoms with Crippen LogP contribution in [0.15, 0.2) is 16.5 Å². The van der Waals surface area contributed by atoms with E-state index >= 15 is 0 Å². The number of carboxylic acid groups (broad SMARTS) is 2. The number of pyridine rings is 1. The summed E-state index contributed by atoms with van der Waals surface area (Å²) in [6.45, 7) is 0.448. The maximum atomic E-state index is 12.6. The number of anilines is 1. The lowest BCUT2D eigenvalue weighted by Gasteiger charge is -2.21. The molecule has 158 valence electrons. The molecule has 2 heterocycles. The standard InChI is InChI=1S/C18H23N3O6S2/c22-14(23)6-2-1-5-11-27-18(26)21(10-4-3-7-15(24)25)13-9-8-12-16(20-13)29-17(28)19-12/h8-9H,1-7,10-11H2,(H,19,28)(H,22,23)(H,24,25). The van der Waals surface area contributed by atoms with E-state index in [4.69, 9.17) is 14.9 Å². The molecular weight excluding hydrogens is 418 g/mol. The van der Waals surface area contributed by atoms with Crippen LogP contribution in [0.1, 0.15) is 44.9 Å². The number of aromatic nitrogens is 2. The molecule has 0 bridgehead atoms. The summed E-state index contributed by atoms with van der Waals surface area (Å²) in [6.07, 6.45) is 2.21. The summed E-state index contributed by atoms with van der Waals surface area (Å²) < 4.78 is 5.89. The molecule has 0 radical (unpaired) electrons. The number of carbonyl (C=O) groups is 3. The van der Waals surface area contributed by atoms with Crippen molar-refractivity contribution in [2.45, 2.75) is 49.3 Å². The molecule has 0 aromatic carbocycles. The first kappa shape index (κ1) is 22.9. The zero-order valence-corrected chi connectivity index (χ0v) is 17.5. The van der Waals surface area contributed by atoms with Gasteiger partial charge in [0, 0.05) is 19.4 Å². The van der Waals surface area contributed by atoms with E-state index in [0.29, 0.717) is 52.6 Å². The molecule has 0 aliphatic heterocycles. The Labute approximate surface area is 177 Å². The van der Waals surface area contributed by atoms with Crippen molar-refractivity contribution in [3.8, 4) is 0 Å². The Balaban J connectivity index is 1.98. The number of unbranched alkanes of at least 4 members (excludes halogenated alkanes) is 3. The second kappa shape index (κ2) is 11.6. The van der Waals surface area contributed by atoms with Crippen molar-refractivity contribution in [1.29, 1.82) is 0 Å². The van der Waals surface area contributed by atoms with Crippen molar-refractivity contribution in [1.82, 2.24) is 9.97 Å². The first-order valence-electron chi connectivity index (χ1n) is 9.21. The van der Waals surface area contributed by atoms with Gasteiger partial charge in [-0.3, -0.25) is 14.5 Å². The SMILES string of the molecule is O=C(O)CCCCCOC(=O)N(CCCCC(=O)O)c1ccc2nc(S)sc2n1. The van der Waals surface area contributed by atoms with E-state index in [2.05, 4.69) is 22.6 Å². The molecule has 2 rings (SSSR count). The quantitative estimate of drug-likeness (QED) is 0.335. The van der Waals surface area contributed by atoms with Crippen LogP contribution in [0.5, 0.6) is 0 Å². The molecule has 0 atom stereocenters. The molecule has 0 saturated carbocycles. The third kappa shape index (κ3) is 7.86. The molecule has 29 heavy (non-hydrogen) atoms. The largest absolute Gasteiger partial charge is 0.481 e. The van der Waals surface area contributed by atoms with Crippen LogP contribution in [-0.2, 0) is 14.3 Å².